The number of carboxylic acid groups (broad SMARTS) is 1. The number of benzene rings is 1. The van der Waals surface area contributed by atoms with E-state index in [4.69, 9.17) is 10.8 Å². The van der Waals surface area contributed by atoms with Gasteiger partial charge in [-0.05, 0) is 68.5 Å². The number of carboxylic acids is 1. The molecule has 0 aliphatic heterocycles. The Morgan fingerprint density at radius 3 is 2.43 bits per heavy atom. The molecular weight excluding hydrogens is 286 g/mol. The van der Waals surface area contributed by atoms with Crippen LogP contribution in [0.2, 0.25) is 0 Å². The SMILES string of the molecule is NCC1CCC(=Cc2ccc(CCCCCC(=O)O)cc2)CC1. The first-order valence-electron chi connectivity index (χ1n) is 8.87. The Labute approximate surface area is 139 Å². The second-order valence-corrected chi connectivity index (χ2v) is 6.68. The fourth-order valence-corrected chi connectivity index (χ4v) is 3.23. The topological polar surface area (TPSA) is 63.3 Å². The zero-order chi connectivity index (χ0) is 16.5. The van der Waals surface area contributed by atoms with Gasteiger partial charge < -0.3 is 10.8 Å². The van der Waals surface area contributed by atoms with Crippen LogP contribution in [-0.4, -0.2) is 17.6 Å². The highest BCUT2D eigenvalue weighted by atomic mass is 16.4. The lowest BCUT2D eigenvalue weighted by Gasteiger charge is -2.22. The maximum absolute atomic E-state index is 10.5. The first-order valence-corrected chi connectivity index (χ1v) is 8.87. The molecule has 1 saturated carbocycles. The largest absolute Gasteiger partial charge is 0.481 e. The maximum Gasteiger partial charge on any atom is 0.303 e. The van der Waals surface area contributed by atoms with Crippen LogP contribution in [0, 0.1) is 5.92 Å². The number of rotatable bonds is 8. The molecule has 1 aromatic rings. The molecule has 0 amide bonds. The van der Waals surface area contributed by atoms with Crippen molar-refractivity contribution in [2.45, 2.75) is 57.8 Å². The van der Waals surface area contributed by atoms with E-state index in [-0.39, 0.29) is 6.42 Å². The average Bonchev–Trinajstić information content (AvgIpc) is 2.56. The van der Waals surface area contributed by atoms with Crippen molar-refractivity contribution < 1.29 is 9.90 Å². The van der Waals surface area contributed by atoms with Crippen molar-refractivity contribution in [2.24, 2.45) is 11.7 Å². The lowest BCUT2D eigenvalue weighted by atomic mass is 9.85. The number of nitrogens with two attached hydrogens (primary N) is 1. The number of aryl methyl sites for hydroxylation is 1. The fourth-order valence-electron chi connectivity index (χ4n) is 3.23. The summed E-state index contributed by atoms with van der Waals surface area (Å²) < 4.78 is 0. The van der Waals surface area contributed by atoms with E-state index in [1.807, 2.05) is 0 Å². The van der Waals surface area contributed by atoms with E-state index in [1.54, 1.807) is 5.57 Å². The molecule has 1 aromatic carbocycles. The summed E-state index contributed by atoms with van der Waals surface area (Å²) in [6.07, 6.45) is 11.3. The summed E-state index contributed by atoms with van der Waals surface area (Å²) in [6.45, 7) is 0.828. The van der Waals surface area contributed by atoms with Crippen LogP contribution in [0.25, 0.3) is 6.08 Å². The van der Waals surface area contributed by atoms with Gasteiger partial charge in [-0.2, -0.15) is 0 Å². The molecule has 126 valence electrons. The molecule has 0 atom stereocenters. The third-order valence-corrected chi connectivity index (χ3v) is 4.79. The van der Waals surface area contributed by atoms with Crippen LogP contribution < -0.4 is 5.73 Å². The molecule has 3 heteroatoms. The quantitative estimate of drug-likeness (QED) is 0.699. The van der Waals surface area contributed by atoms with Crippen LogP contribution >= 0.6 is 0 Å². The van der Waals surface area contributed by atoms with Crippen molar-refractivity contribution in [1.82, 2.24) is 0 Å². The van der Waals surface area contributed by atoms with Gasteiger partial charge in [0, 0.05) is 6.42 Å². The molecule has 0 aromatic heterocycles. The zero-order valence-electron chi connectivity index (χ0n) is 14.0. The molecule has 3 N–H and O–H groups in total. The number of allylic oxidation sites excluding steroid dienone is 1. The number of unbranched alkanes of at least 4 members (excludes halogenated alkanes) is 2. The monoisotopic (exact) mass is 315 g/mol. The van der Waals surface area contributed by atoms with Crippen molar-refractivity contribution in [3.63, 3.8) is 0 Å². The average molecular weight is 315 g/mol. The van der Waals surface area contributed by atoms with E-state index in [9.17, 15) is 4.79 Å². The minimum Gasteiger partial charge on any atom is -0.481 e. The predicted molar refractivity (Wildman–Crippen MR) is 95.2 cm³/mol. The Balaban J connectivity index is 1.75. The minimum atomic E-state index is -0.692. The molecule has 0 bridgehead atoms. The second-order valence-electron chi connectivity index (χ2n) is 6.68. The Hall–Kier alpha value is -1.61. The molecule has 0 saturated heterocycles. The van der Waals surface area contributed by atoms with Gasteiger partial charge in [0.2, 0.25) is 0 Å². The third kappa shape index (κ3) is 6.57. The third-order valence-electron chi connectivity index (χ3n) is 4.79. The highest BCUT2D eigenvalue weighted by molar-refractivity contribution is 5.66. The number of hydrogen-bond donors (Lipinski definition) is 2. The van der Waals surface area contributed by atoms with Gasteiger partial charge in [0.1, 0.15) is 0 Å². The van der Waals surface area contributed by atoms with Gasteiger partial charge in [0.05, 0.1) is 0 Å². The van der Waals surface area contributed by atoms with Gasteiger partial charge in [0.25, 0.3) is 0 Å². The summed E-state index contributed by atoms with van der Waals surface area (Å²) >= 11 is 0. The van der Waals surface area contributed by atoms with Gasteiger partial charge in [0.15, 0.2) is 0 Å². The van der Waals surface area contributed by atoms with Gasteiger partial charge in [-0.3, -0.25) is 4.79 Å². The summed E-state index contributed by atoms with van der Waals surface area (Å²) in [4.78, 5) is 10.5. The molecular formula is C20H29NO2. The Morgan fingerprint density at radius 2 is 1.83 bits per heavy atom. The molecule has 0 heterocycles. The first kappa shape index (κ1) is 17.7. The maximum atomic E-state index is 10.5. The molecule has 0 spiro atoms. The van der Waals surface area contributed by atoms with E-state index in [1.165, 1.54) is 36.8 Å². The van der Waals surface area contributed by atoms with Crippen LogP contribution in [-0.2, 0) is 11.2 Å². The lowest BCUT2D eigenvalue weighted by molar-refractivity contribution is -0.137. The van der Waals surface area contributed by atoms with Gasteiger partial charge >= 0.3 is 5.97 Å². The van der Waals surface area contributed by atoms with Crippen LogP contribution in [0.15, 0.2) is 29.8 Å². The van der Waals surface area contributed by atoms with E-state index >= 15 is 0 Å². The smallest absolute Gasteiger partial charge is 0.303 e. The minimum absolute atomic E-state index is 0.289. The van der Waals surface area contributed by atoms with Crippen molar-refractivity contribution in [3.05, 3.63) is 41.0 Å². The van der Waals surface area contributed by atoms with E-state index in [0.717, 1.165) is 38.1 Å². The van der Waals surface area contributed by atoms with Crippen molar-refractivity contribution in [3.8, 4) is 0 Å². The van der Waals surface area contributed by atoms with Gasteiger partial charge in [-0.25, -0.2) is 0 Å². The summed E-state index contributed by atoms with van der Waals surface area (Å²) in [5, 5.41) is 8.61. The van der Waals surface area contributed by atoms with E-state index in [2.05, 4.69) is 30.3 Å². The summed E-state index contributed by atoms with van der Waals surface area (Å²) in [5.41, 5.74) is 9.93. The Kier molecular flexibility index (Phi) is 7.34. The highest BCUT2D eigenvalue weighted by Gasteiger charge is 2.14. The number of hydrogen-bond acceptors (Lipinski definition) is 2. The molecule has 2 rings (SSSR count). The summed E-state index contributed by atoms with van der Waals surface area (Å²) in [7, 11) is 0. The Bertz CT molecular complexity index is 509. The van der Waals surface area contributed by atoms with Crippen LogP contribution in [0.5, 0.6) is 0 Å². The van der Waals surface area contributed by atoms with Crippen LogP contribution in [0.3, 0.4) is 0 Å². The molecule has 23 heavy (non-hydrogen) atoms. The molecule has 1 fully saturated rings. The van der Waals surface area contributed by atoms with Crippen molar-refractivity contribution >= 4 is 12.0 Å². The van der Waals surface area contributed by atoms with Crippen molar-refractivity contribution in [2.75, 3.05) is 6.54 Å². The van der Waals surface area contributed by atoms with E-state index < -0.39 is 5.97 Å². The molecule has 1 aliphatic rings. The highest BCUT2D eigenvalue weighted by Crippen LogP contribution is 2.29. The number of aliphatic carboxylic acids is 1. The normalized spacial score (nSPS) is 18.0. The standard InChI is InChI=1S/C20H29NO2/c21-15-19-12-10-18(11-13-19)14-17-8-6-16(7-9-17)4-2-1-3-5-20(22)23/h6-9,14,19H,1-5,10-13,15,21H2,(H,22,23). The Morgan fingerprint density at radius 1 is 1.13 bits per heavy atom. The van der Waals surface area contributed by atoms with Crippen molar-refractivity contribution in [1.29, 1.82) is 0 Å². The molecule has 1 aliphatic carbocycles. The molecule has 0 unspecified atom stereocenters. The second kappa shape index (κ2) is 9.51. The summed E-state index contributed by atoms with van der Waals surface area (Å²) in [6, 6.07) is 8.81. The van der Waals surface area contributed by atoms with Crippen LogP contribution in [0.4, 0.5) is 0 Å². The number of carbonyl (C=O) groups is 1. The molecule has 0 radical (unpaired) electrons. The lowest BCUT2D eigenvalue weighted by Crippen LogP contribution is -2.17. The first-order chi connectivity index (χ1) is 11.2. The zero-order valence-corrected chi connectivity index (χ0v) is 14.0. The van der Waals surface area contributed by atoms with Gasteiger partial charge in [-0.15, -0.1) is 0 Å². The fraction of sp³-hybridized carbons (Fsp3) is 0.550. The molecule has 3 nitrogen and oxygen atoms in total. The van der Waals surface area contributed by atoms with Crippen LogP contribution in [0.1, 0.15) is 62.5 Å². The predicted octanol–water partition coefficient (Wildman–Crippen LogP) is 4.41. The van der Waals surface area contributed by atoms with Gasteiger partial charge in [-0.1, -0.05) is 42.3 Å². The van der Waals surface area contributed by atoms with E-state index in [0.29, 0.717) is 0 Å². The summed E-state index contributed by atoms with van der Waals surface area (Å²) in [5.74, 6) is 0.0264.